The number of methoxy groups -OCH3 is 1. The van der Waals surface area contributed by atoms with Gasteiger partial charge in [0.25, 0.3) is 0 Å². The summed E-state index contributed by atoms with van der Waals surface area (Å²) in [7, 11) is 3.46. The molecule has 106 valence electrons. The van der Waals surface area contributed by atoms with Gasteiger partial charge in [-0.25, -0.2) is 0 Å². The molecule has 0 spiro atoms. The van der Waals surface area contributed by atoms with Gasteiger partial charge in [-0.2, -0.15) is 0 Å². The Morgan fingerprint density at radius 2 is 2.30 bits per heavy atom. The summed E-state index contributed by atoms with van der Waals surface area (Å²) >= 11 is 1.35. The maximum Gasteiger partial charge on any atom is 0.234 e. The summed E-state index contributed by atoms with van der Waals surface area (Å²) in [6.45, 7) is 1.92. The van der Waals surface area contributed by atoms with Crippen molar-refractivity contribution in [2.45, 2.75) is 12.1 Å². The molecule has 0 bridgehead atoms. The lowest BCUT2D eigenvalue weighted by atomic mass is 10.2. The SMILES string of the molecule is COc1ccc(NC(=O)CSc2nncn2C)c(C)c1. The van der Waals surface area contributed by atoms with Crippen LogP contribution >= 0.6 is 11.8 Å². The number of carbonyl (C=O) groups is 1. The average Bonchev–Trinajstić information content (AvgIpc) is 2.84. The van der Waals surface area contributed by atoms with Crippen LogP contribution in [0.25, 0.3) is 0 Å². The Morgan fingerprint density at radius 3 is 2.90 bits per heavy atom. The van der Waals surface area contributed by atoms with E-state index in [4.69, 9.17) is 4.74 Å². The first-order valence-electron chi connectivity index (χ1n) is 6.01. The largest absolute Gasteiger partial charge is 0.497 e. The Bertz CT molecular complexity index is 612. The zero-order valence-corrected chi connectivity index (χ0v) is 12.4. The molecular weight excluding hydrogens is 276 g/mol. The van der Waals surface area contributed by atoms with Gasteiger partial charge in [0.15, 0.2) is 5.16 Å². The molecule has 0 fully saturated rings. The van der Waals surface area contributed by atoms with Crippen LogP contribution in [0.3, 0.4) is 0 Å². The summed E-state index contributed by atoms with van der Waals surface area (Å²) < 4.78 is 6.90. The lowest BCUT2D eigenvalue weighted by Gasteiger charge is -2.09. The molecule has 2 rings (SSSR count). The Hall–Kier alpha value is -2.02. The lowest BCUT2D eigenvalue weighted by molar-refractivity contribution is -0.113. The number of aryl methyl sites for hydroxylation is 2. The Morgan fingerprint density at radius 1 is 1.50 bits per heavy atom. The normalized spacial score (nSPS) is 10.3. The van der Waals surface area contributed by atoms with E-state index in [-0.39, 0.29) is 11.7 Å². The monoisotopic (exact) mass is 292 g/mol. The molecule has 1 heterocycles. The van der Waals surface area contributed by atoms with Gasteiger partial charge in [0, 0.05) is 12.7 Å². The van der Waals surface area contributed by atoms with E-state index in [1.165, 1.54) is 11.8 Å². The molecule has 0 saturated heterocycles. The highest BCUT2D eigenvalue weighted by Crippen LogP contribution is 2.21. The average molecular weight is 292 g/mol. The number of nitrogens with one attached hydrogen (secondary N) is 1. The van der Waals surface area contributed by atoms with Crippen LogP contribution in [0.2, 0.25) is 0 Å². The standard InChI is InChI=1S/C13H16N4O2S/c1-9-6-10(19-3)4-5-11(9)15-12(18)7-20-13-16-14-8-17(13)2/h4-6,8H,7H2,1-3H3,(H,15,18). The summed E-state index contributed by atoms with van der Waals surface area (Å²) in [5.41, 5.74) is 1.75. The van der Waals surface area contributed by atoms with E-state index < -0.39 is 0 Å². The first kappa shape index (κ1) is 14.4. The minimum Gasteiger partial charge on any atom is -0.497 e. The van der Waals surface area contributed by atoms with Crippen LogP contribution in [0, 0.1) is 6.92 Å². The van der Waals surface area contributed by atoms with Crippen molar-refractivity contribution in [1.29, 1.82) is 0 Å². The molecule has 1 amide bonds. The minimum absolute atomic E-state index is 0.0775. The fourth-order valence-corrected chi connectivity index (χ4v) is 2.31. The van der Waals surface area contributed by atoms with E-state index >= 15 is 0 Å². The maximum atomic E-state index is 11.9. The summed E-state index contributed by atoms with van der Waals surface area (Å²) in [5, 5.41) is 11.3. The second-order valence-electron chi connectivity index (χ2n) is 4.24. The second kappa shape index (κ2) is 6.42. The van der Waals surface area contributed by atoms with Gasteiger partial charge in [-0.05, 0) is 30.7 Å². The van der Waals surface area contributed by atoms with Crippen LogP contribution in [0.1, 0.15) is 5.56 Å². The Kier molecular flexibility index (Phi) is 4.62. The van der Waals surface area contributed by atoms with Crippen LogP contribution in [0.4, 0.5) is 5.69 Å². The van der Waals surface area contributed by atoms with Crippen LogP contribution in [0.5, 0.6) is 5.75 Å². The molecule has 6 nitrogen and oxygen atoms in total. The van der Waals surface area contributed by atoms with Gasteiger partial charge >= 0.3 is 0 Å². The molecular formula is C13H16N4O2S. The highest BCUT2D eigenvalue weighted by molar-refractivity contribution is 7.99. The molecule has 0 aliphatic carbocycles. The third kappa shape index (κ3) is 3.51. The van der Waals surface area contributed by atoms with E-state index in [1.807, 2.05) is 32.2 Å². The Labute approximate surface area is 121 Å². The zero-order valence-electron chi connectivity index (χ0n) is 11.6. The van der Waals surface area contributed by atoms with E-state index in [1.54, 1.807) is 18.0 Å². The number of rotatable bonds is 5. The quantitative estimate of drug-likeness (QED) is 0.852. The van der Waals surface area contributed by atoms with Crippen molar-refractivity contribution in [3.05, 3.63) is 30.1 Å². The van der Waals surface area contributed by atoms with E-state index in [0.717, 1.165) is 17.0 Å². The van der Waals surface area contributed by atoms with Gasteiger partial charge in [-0.3, -0.25) is 4.79 Å². The van der Waals surface area contributed by atoms with Gasteiger partial charge in [-0.1, -0.05) is 11.8 Å². The summed E-state index contributed by atoms with van der Waals surface area (Å²) in [6.07, 6.45) is 1.61. The zero-order chi connectivity index (χ0) is 14.5. The minimum atomic E-state index is -0.0775. The predicted molar refractivity (Wildman–Crippen MR) is 78.1 cm³/mol. The predicted octanol–water partition coefficient (Wildman–Crippen LogP) is 1.86. The third-order valence-corrected chi connectivity index (χ3v) is 3.74. The molecule has 2 aromatic rings. The lowest BCUT2D eigenvalue weighted by Crippen LogP contribution is -2.15. The fraction of sp³-hybridized carbons (Fsp3) is 0.308. The molecule has 0 aliphatic rings. The number of ether oxygens (including phenoxy) is 1. The van der Waals surface area contributed by atoms with Crippen LogP contribution in [-0.4, -0.2) is 33.5 Å². The fourth-order valence-electron chi connectivity index (χ4n) is 1.62. The maximum absolute atomic E-state index is 11.9. The number of hydrogen-bond donors (Lipinski definition) is 1. The highest BCUT2D eigenvalue weighted by Gasteiger charge is 2.08. The van der Waals surface area contributed by atoms with Crippen molar-refractivity contribution in [1.82, 2.24) is 14.8 Å². The molecule has 1 aromatic carbocycles. The molecule has 0 atom stereocenters. The van der Waals surface area contributed by atoms with Gasteiger partial charge in [0.2, 0.25) is 5.91 Å². The number of nitrogens with zero attached hydrogens (tertiary/aromatic N) is 3. The summed E-state index contributed by atoms with van der Waals surface area (Å²) in [6, 6.07) is 5.53. The number of amides is 1. The van der Waals surface area contributed by atoms with E-state index in [0.29, 0.717) is 5.16 Å². The number of aromatic nitrogens is 3. The smallest absolute Gasteiger partial charge is 0.234 e. The van der Waals surface area contributed by atoms with Crippen molar-refractivity contribution in [3.8, 4) is 5.75 Å². The highest BCUT2D eigenvalue weighted by atomic mass is 32.2. The van der Waals surface area contributed by atoms with Crippen molar-refractivity contribution >= 4 is 23.4 Å². The molecule has 0 saturated carbocycles. The molecule has 0 unspecified atom stereocenters. The molecule has 7 heteroatoms. The van der Waals surface area contributed by atoms with Crippen molar-refractivity contribution in [3.63, 3.8) is 0 Å². The first-order valence-corrected chi connectivity index (χ1v) is 7.00. The van der Waals surface area contributed by atoms with E-state index in [2.05, 4.69) is 15.5 Å². The van der Waals surface area contributed by atoms with Crippen LogP contribution < -0.4 is 10.1 Å². The Balaban J connectivity index is 1.93. The second-order valence-corrected chi connectivity index (χ2v) is 5.18. The van der Waals surface area contributed by atoms with Gasteiger partial charge < -0.3 is 14.6 Å². The van der Waals surface area contributed by atoms with Crippen LogP contribution in [0.15, 0.2) is 29.7 Å². The van der Waals surface area contributed by atoms with Crippen molar-refractivity contribution in [2.24, 2.45) is 7.05 Å². The molecule has 1 N–H and O–H groups in total. The van der Waals surface area contributed by atoms with Crippen molar-refractivity contribution < 1.29 is 9.53 Å². The van der Waals surface area contributed by atoms with Gasteiger partial charge in [-0.15, -0.1) is 10.2 Å². The molecule has 0 aliphatic heterocycles. The number of thioether (sulfide) groups is 1. The third-order valence-electron chi connectivity index (χ3n) is 2.71. The number of benzene rings is 1. The van der Waals surface area contributed by atoms with Crippen molar-refractivity contribution in [2.75, 3.05) is 18.2 Å². The van der Waals surface area contributed by atoms with Gasteiger partial charge in [0.05, 0.1) is 12.9 Å². The topological polar surface area (TPSA) is 69.0 Å². The number of carbonyl (C=O) groups excluding carboxylic acids is 1. The molecule has 1 aromatic heterocycles. The summed E-state index contributed by atoms with van der Waals surface area (Å²) in [5.74, 6) is 0.984. The molecule has 20 heavy (non-hydrogen) atoms. The van der Waals surface area contributed by atoms with Crippen LogP contribution in [-0.2, 0) is 11.8 Å². The number of hydrogen-bond acceptors (Lipinski definition) is 5. The summed E-state index contributed by atoms with van der Waals surface area (Å²) in [4.78, 5) is 11.9. The molecule has 0 radical (unpaired) electrons. The van der Waals surface area contributed by atoms with Gasteiger partial charge in [0.1, 0.15) is 12.1 Å². The first-order chi connectivity index (χ1) is 9.60. The number of anilines is 1. The van der Waals surface area contributed by atoms with E-state index in [9.17, 15) is 4.79 Å².